The summed E-state index contributed by atoms with van der Waals surface area (Å²) in [6.07, 6.45) is 18.2. The summed E-state index contributed by atoms with van der Waals surface area (Å²) < 4.78 is 11.0. The molecule has 0 fully saturated rings. The summed E-state index contributed by atoms with van der Waals surface area (Å²) >= 11 is 0. The lowest BCUT2D eigenvalue weighted by molar-refractivity contribution is 0.126. The van der Waals surface area contributed by atoms with E-state index in [1.807, 2.05) is 0 Å². The Labute approximate surface area is 190 Å². The van der Waals surface area contributed by atoms with Gasteiger partial charge >= 0.3 is 0 Å². The minimum Gasteiger partial charge on any atom is -0.381 e. The Morgan fingerprint density at radius 1 is 0.310 bits per heavy atom. The SMILES string of the molecule is C.C.C.C.C.CCCCCCCOCCCCC.CCCCCOCCCCC. The molecule has 0 aliphatic carbocycles. The molecule has 0 atom stereocenters. The third-order valence-corrected chi connectivity index (χ3v) is 4.07. The molecule has 0 aliphatic rings. The number of hydrogen-bond acceptors (Lipinski definition) is 2. The van der Waals surface area contributed by atoms with Crippen molar-refractivity contribution in [2.75, 3.05) is 26.4 Å². The molecule has 0 aromatic carbocycles. The van der Waals surface area contributed by atoms with Crippen LogP contribution in [0, 0.1) is 0 Å². The van der Waals surface area contributed by atoms with Crippen LogP contribution >= 0.6 is 0 Å². The summed E-state index contributed by atoms with van der Waals surface area (Å²) in [6, 6.07) is 0. The Kier molecular flexibility index (Phi) is 82.5. The van der Waals surface area contributed by atoms with Crippen LogP contribution in [0.1, 0.15) is 155 Å². The van der Waals surface area contributed by atoms with E-state index >= 15 is 0 Å². The van der Waals surface area contributed by atoms with Crippen LogP contribution in [0.4, 0.5) is 0 Å². The molecular weight excluding hydrogens is 356 g/mol. The summed E-state index contributed by atoms with van der Waals surface area (Å²) in [4.78, 5) is 0. The van der Waals surface area contributed by atoms with E-state index in [-0.39, 0.29) is 37.1 Å². The van der Waals surface area contributed by atoms with Crippen LogP contribution in [0.3, 0.4) is 0 Å². The third-order valence-electron chi connectivity index (χ3n) is 4.07. The van der Waals surface area contributed by atoms with E-state index in [0.29, 0.717) is 0 Å². The maximum absolute atomic E-state index is 5.52. The quantitative estimate of drug-likeness (QED) is 0.204. The Morgan fingerprint density at radius 3 is 0.793 bits per heavy atom. The molecule has 0 N–H and O–H groups in total. The second-order valence-electron chi connectivity index (χ2n) is 6.76. The van der Waals surface area contributed by atoms with Gasteiger partial charge in [0.05, 0.1) is 0 Å². The van der Waals surface area contributed by atoms with Crippen molar-refractivity contribution in [1.82, 2.24) is 0 Å². The lowest BCUT2D eigenvalue weighted by Gasteiger charge is -2.03. The van der Waals surface area contributed by atoms with Crippen molar-refractivity contribution in [3.63, 3.8) is 0 Å². The molecule has 0 spiro atoms. The predicted molar refractivity (Wildman–Crippen MR) is 143 cm³/mol. The summed E-state index contributed by atoms with van der Waals surface area (Å²) in [5, 5.41) is 0. The van der Waals surface area contributed by atoms with Crippen LogP contribution in [0.25, 0.3) is 0 Å². The zero-order valence-electron chi connectivity index (χ0n) is 17.5. The first-order valence-corrected chi connectivity index (χ1v) is 11.0. The second kappa shape index (κ2) is 51.0. The molecule has 2 heteroatoms. The maximum Gasteiger partial charge on any atom is 0.0466 e. The summed E-state index contributed by atoms with van der Waals surface area (Å²) in [5.74, 6) is 0. The zero-order valence-corrected chi connectivity index (χ0v) is 17.5. The van der Waals surface area contributed by atoms with E-state index in [0.717, 1.165) is 26.4 Å². The number of rotatable bonds is 18. The van der Waals surface area contributed by atoms with Crippen molar-refractivity contribution in [1.29, 1.82) is 0 Å². The average molecular weight is 425 g/mol. The molecule has 0 saturated carbocycles. The molecule has 0 aromatic rings. The van der Waals surface area contributed by atoms with Crippen molar-refractivity contribution in [2.24, 2.45) is 0 Å². The predicted octanol–water partition coefficient (Wildman–Crippen LogP) is 10.7. The zero-order chi connectivity index (χ0) is 18.1. The molecule has 0 aliphatic heterocycles. The largest absolute Gasteiger partial charge is 0.381 e. The molecule has 0 radical (unpaired) electrons. The van der Waals surface area contributed by atoms with Gasteiger partial charge < -0.3 is 9.47 Å². The van der Waals surface area contributed by atoms with Gasteiger partial charge in [-0.25, -0.2) is 0 Å². The highest BCUT2D eigenvalue weighted by Gasteiger charge is 1.90. The molecular formula is C27H68O2. The highest BCUT2D eigenvalue weighted by Crippen LogP contribution is 2.03. The van der Waals surface area contributed by atoms with Gasteiger partial charge in [0.25, 0.3) is 0 Å². The van der Waals surface area contributed by atoms with Crippen molar-refractivity contribution in [3.05, 3.63) is 0 Å². The molecule has 0 rings (SSSR count). The van der Waals surface area contributed by atoms with E-state index in [1.54, 1.807) is 0 Å². The fourth-order valence-corrected chi connectivity index (χ4v) is 2.37. The Bertz CT molecular complexity index is 165. The van der Waals surface area contributed by atoms with Crippen molar-refractivity contribution in [2.45, 2.75) is 155 Å². The van der Waals surface area contributed by atoms with Gasteiger partial charge in [-0.3, -0.25) is 0 Å². The molecule has 0 unspecified atom stereocenters. The first-order chi connectivity index (χ1) is 11.8. The minimum absolute atomic E-state index is 0. The summed E-state index contributed by atoms with van der Waals surface area (Å²) in [6.45, 7) is 12.8. The van der Waals surface area contributed by atoms with Gasteiger partial charge in [0.15, 0.2) is 0 Å². The molecule has 29 heavy (non-hydrogen) atoms. The van der Waals surface area contributed by atoms with E-state index in [2.05, 4.69) is 27.7 Å². The van der Waals surface area contributed by atoms with Gasteiger partial charge in [-0.05, 0) is 25.7 Å². The van der Waals surface area contributed by atoms with E-state index in [4.69, 9.17) is 9.47 Å². The van der Waals surface area contributed by atoms with E-state index < -0.39 is 0 Å². The Hall–Kier alpha value is -0.0800. The monoisotopic (exact) mass is 425 g/mol. The van der Waals surface area contributed by atoms with Crippen LogP contribution in [0.5, 0.6) is 0 Å². The molecule has 0 bridgehead atoms. The topological polar surface area (TPSA) is 18.5 Å². The second-order valence-corrected chi connectivity index (χ2v) is 6.76. The molecule has 0 saturated heterocycles. The van der Waals surface area contributed by atoms with Crippen LogP contribution in [0.15, 0.2) is 0 Å². The first kappa shape index (κ1) is 46.9. The Morgan fingerprint density at radius 2 is 0.517 bits per heavy atom. The van der Waals surface area contributed by atoms with Crippen molar-refractivity contribution in [3.8, 4) is 0 Å². The highest BCUT2D eigenvalue weighted by atomic mass is 16.5. The van der Waals surface area contributed by atoms with Crippen LogP contribution in [-0.2, 0) is 9.47 Å². The van der Waals surface area contributed by atoms with Gasteiger partial charge in [0.1, 0.15) is 0 Å². The van der Waals surface area contributed by atoms with Crippen molar-refractivity contribution < 1.29 is 9.47 Å². The first-order valence-electron chi connectivity index (χ1n) is 11.0. The smallest absolute Gasteiger partial charge is 0.0466 e. The third kappa shape index (κ3) is 58.4. The molecule has 188 valence electrons. The standard InChI is InChI=1S/C12H26O.C10H22O.5CH4/c1-3-5-7-8-10-12-13-11-9-6-4-2;1-3-5-7-9-11-10-8-6-4-2;;;;;/h3-12H2,1-2H3;3-10H2,1-2H3;5*1H4. The van der Waals surface area contributed by atoms with Crippen LogP contribution < -0.4 is 0 Å². The van der Waals surface area contributed by atoms with Gasteiger partial charge in [0.2, 0.25) is 0 Å². The van der Waals surface area contributed by atoms with Crippen LogP contribution in [0.2, 0.25) is 0 Å². The lowest BCUT2D eigenvalue weighted by Crippen LogP contribution is -1.96. The fourth-order valence-electron chi connectivity index (χ4n) is 2.37. The van der Waals surface area contributed by atoms with Gasteiger partial charge in [-0.1, -0.05) is 129 Å². The van der Waals surface area contributed by atoms with E-state index in [9.17, 15) is 0 Å². The van der Waals surface area contributed by atoms with Gasteiger partial charge in [-0.2, -0.15) is 0 Å². The van der Waals surface area contributed by atoms with E-state index in [1.165, 1.54) is 89.9 Å². The molecule has 0 aromatic heterocycles. The Balaban J connectivity index is -0.0000000574. The lowest BCUT2D eigenvalue weighted by atomic mass is 10.2. The summed E-state index contributed by atoms with van der Waals surface area (Å²) in [5.41, 5.74) is 0. The average Bonchev–Trinajstić information content (AvgIpc) is 2.60. The molecule has 0 amide bonds. The maximum atomic E-state index is 5.52. The van der Waals surface area contributed by atoms with Crippen LogP contribution in [-0.4, -0.2) is 26.4 Å². The number of unbranched alkanes of at least 4 members (excludes halogenated alkanes) is 10. The fraction of sp³-hybridized carbons (Fsp3) is 1.00. The number of ether oxygens (including phenoxy) is 2. The highest BCUT2D eigenvalue weighted by molar-refractivity contribution is 4.42. The normalized spacial score (nSPS) is 8.69. The molecule has 0 heterocycles. The minimum atomic E-state index is 0. The summed E-state index contributed by atoms with van der Waals surface area (Å²) in [7, 11) is 0. The van der Waals surface area contributed by atoms with Gasteiger partial charge in [-0.15, -0.1) is 0 Å². The molecule has 2 nitrogen and oxygen atoms in total. The van der Waals surface area contributed by atoms with Crippen molar-refractivity contribution >= 4 is 0 Å². The number of hydrogen-bond donors (Lipinski definition) is 0. The van der Waals surface area contributed by atoms with Gasteiger partial charge in [0, 0.05) is 26.4 Å².